The highest BCUT2D eigenvalue weighted by molar-refractivity contribution is 7.99. The second-order valence-corrected chi connectivity index (χ2v) is 4.52. The largest absolute Gasteiger partial charge is 0.379 e. The van der Waals surface area contributed by atoms with Gasteiger partial charge < -0.3 is 14.8 Å². The Hall–Kier alpha value is -0.710. The first-order chi connectivity index (χ1) is 7.81. The monoisotopic (exact) mass is 241 g/mol. The van der Waals surface area contributed by atoms with Crippen molar-refractivity contribution in [2.75, 3.05) is 31.8 Å². The zero-order chi connectivity index (χ0) is 11.8. The fraction of sp³-hybridized carbons (Fsp3) is 0.500. The Balaban J connectivity index is 2.58. The van der Waals surface area contributed by atoms with Crippen molar-refractivity contribution in [2.45, 2.75) is 18.1 Å². The summed E-state index contributed by atoms with van der Waals surface area (Å²) in [4.78, 5) is 1.26. The van der Waals surface area contributed by atoms with E-state index in [-0.39, 0.29) is 6.29 Å². The minimum atomic E-state index is -0.209. The number of hydrogen-bond donors (Lipinski definition) is 1. The summed E-state index contributed by atoms with van der Waals surface area (Å²) < 4.78 is 10.3. The molecule has 0 saturated heterocycles. The fourth-order valence-electron chi connectivity index (χ4n) is 1.35. The molecule has 0 aliphatic carbocycles. The quantitative estimate of drug-likeness (QED) is 0.587. The topological polar surface area (TPSA) is 30.5 Å². The standard InChI is InChI=1S/C12H19NO2S/c1-4-16-11-8-6-5-7-10(11)13-9-12(14-2)15-3/h5-8,12-13H,4,9H2,1-3H3. The maximum Gasteiger partial charge on any atom is 0.173 e. The lowest BCUT2D eigenvalue weighted by Gasteiger charge is -2.16. The number of benzene rings is 1. The molecular weight excluding hydrogens is 222 g/mol. The van der Waals surface area contributed by atoms with Crippen LogP contribution in [-0.2, 0) is 9.47 Å². The van der Waals surface area contributed by atoms with Crippen molar-refractivity contribution in [3.63, 3.8) is 0 Å². The first kappa shape index (κ1) is 13.4. The first-order valence-electron chi connectivity index (χ1n) is 5.33. The van der Waals surface area contributed by atoms with E-state index in [0.29, 0.717) is 6.54 Å². The Morgan fingerprint density at radius 1 is 1.25 bits per heavy atom. The van der Waals surface area contributed by atoms with E-state index in [9.17, 15) is 0 Å². The fourth-order valence-corrected chi connectivity index (χ4v) is 2.13. The normalized spacial score (nSPS) is 10.8. The summed E-state index contributed by atoms with van der Waals surface area (Å²) in [6.07, 6.45) is -0.209. The van der Waals surface area contributed by atoms with Gasteiger partial charge in [-0.2, -0.15) is 0 Å². The summed E-state index contributed by atoms with van der Waals surface area (Å²) in [5, 5.41) is 3.33. The van der Waals surface area contributed by atoms with E-state index in [2.05, 4.69) is 24.4 Å². The molecule has 4 heteroatoms. The van der Waals surface area contributed by atoms with E-state index in [0.717, 1.165) is 11.4 Å². The zero-order valence-electron chi connectivity index (χ0n) is 10.0. The number of ether oxygens (including phenoxy) is 2. The van der Waals surface area contributed by atoms with Crippen molar-refractivity contribution >= 4 is 17.4 Å². The van der Waals surface area contributed by atoms with Crippen molar-refractivity contribution in [1.82, 2.24) is 0 Å². The van der Waals surface area contributed by atoms with Crippen LogP contribution in [0.25, 0.3) is 0 Å². The molecule has 0 unspecified atom stereocenters. The lowest BCUT2D eigenvalue weighted by atomic mass is 10.3. The Kier molecular flexibility index (Phi) is 6.30. The summed E-state index contributed by atoms with van der Waals surface area (Å²) in [5.41, 5.74) is 1.13. The van der Waals surface area contributed by atoms with Crippen LogP contribution in [0, 0.1) is 0 Å². The number of para-hydroxylation sites is 1. The van der Waals surface area contributed by atoms with Crippen LogP contribution in [0.4, 0.5) is 5.69 Å². The molecule has 0 bridgehead atoms. The van der Waals surface area contributed by atoms with Crippen molar-refractivity contribution < 1.29 is 9.47 Å². The van der Waals surface area contributed by atoms with E-state index in [1.165, 1.54) is 4.90 Å². The summed E-state index contributed by atoms with van der Waals surface area (Å²) in [6.45, 7) is 2.79. The van der Waals surface area contributed by atoms with E-state index < -0.39 is 0 Å². The molecule has 1 rings (SSSR count). The van der Waals surface area contributed by atoms with E-state index in [4.69, 9.17) is 9.47 Å². The smallest absolute Gasteiger partial charge is 0.173 e. The van der Waals surface area contributed by atoms with Crippen LogP contribution in [0.15, 0.2) is 29.2 Å². The molecule has 0 radical (unpaired) electrons. The maximum absolute atomic E-state index is 5.13. The molecule has 0 aromatic heterocycles. The third-order valence-electron chi connectivity index (χ3n) is 2.17. The summed E-state index contributed by atoms with van der Waals surface area (Å²) in [5.74, 6) is 1.07. The Morgan fingerprint density at radius 3 is 2.56 bits per heavy atom. The number of rotatable bonds is 7. The molecule has 90 valence electrons. The molecule has 0 atom stereocenters. The lowest BCUT2D eigenvalue weighted by molar-refractivity contribution is -0.0914. The molecule has 0 fully saturated rings. The van der Waals surface area contributed by atoms with Crippen LogP contribution in [0.5, 0.6) is 0 Å². The Labute approximate surface area is 102 Å². The average molecular weight is 241 g/mol. The summed E-state index contributed by atoms with van der Waals surface area (Å²) in [7, 11) is 3.28. The molecule has 0 saturated carbocycles. The van der Waals surface area contributed by atoms with Crippen LogP contribution in [0.1, 0.15) is 6.92 Å². The number of thioether (sulfide) groups is 1. The third kappa shape index (κ3) is 4.04. The molecule has 0 aliphatic rings. The van der Waals surface area contributed by atoms with E-state index in [1.807, 2.05) is 23.9 Å². The molecule has 16 heavy (non-hydrogen) atoms. The second kappa shape index (κ2) is 7.54. The number of hydrogen-bond acceptors (Lipinski definition) is 4. The predicted molar refractivity (Wildman–Crippen MR) is 69.1 cm³/mol. The zero-order valence-corrected chi connectivity index (χ0v) is 10.8. The molecule has 1 N–H and O–H groups in total. The minimum Gasteiger partial charge on any atom is -0.379 e. The molecule has 1 aromatic rings. The average Bonchev–Trinajstić information content (AvgIpc) is 2.33. The number of nitrogens with one attached hydrogen (secondary N) is 1. The second-order valence-electron chi connectivity index (χ2n) is 3.21. The predicted octanol–water partition coefficient (Wildman–Crippen LogP) is 2.83. The van der Waals surface area contributed by atoms with E-state index >= 15 is 0 Å². The number of anilines is 1. The highest BCUT2D eigenvalue weighted by atomic mass is 32.2. The van der Waals surface area contributed by atoms with Gasteiger partial charge in [0, 0.05) is 24.8 Å². The van der Waals surface area contributed by atoms with Gasteiger partial charge in [0.15, 0.2) is 6.29 Å². The third-order valence-corrected chi connectivity index (χ3v) is 3.13. The van der Waals surface area contributed by atoms with Crippen LogP contribution in [0.2, 0.25) is 0 Å². The number of methoxy groups -OCH3 is 2. The van der Waals surface area contributed by atoms with Gasteiger partial charge in [0.2, 0.25) is 0 Å². The Bertz CT molecular complexity index is 303. The van der Waals surface area contributed by atoms with Crippen molar-refractivity contribution in [2.24, 2.45) is 0 Å². The molecule has 3 nitrogen and oxygen atoms in total. The van der Waals surface area contributed by atoms with E-state index in [1.54, 1.807) is 14.2 Å². The molecular formula is C12H19NO2S. The molecule has 0 aliphatic heterocycles. The lowest BCUT2D eigenvalue weighted by Crippen LogP contribution is -2.23. The molecule has 1 aromatic carbocycles. The van der Waals surface area contributed by atoms with Crippen LogP contribution < -0.4 is 5.32 Å². The Morgan fingerprint density at radius 2 is 1.94 bits per heavy atom. The maximum atomic E-state index is 5.13. The highest BCUT2D eigenvalue weighted by Crippen LogP contribution is 2.26. The first-order valence-corrected chi connectivity index (χ1v) is 6.31. The van der Waals surface area contributed by atoms with Crippen molar-refractivity contribution in [3.05, 3.63) is 24.3 Å². The van der Waals surface area contributed by atoms with Gasteiger partial charge >= 0.3 is 0 Å². The van der Waals surface area contributed by atoms with Gasteiger partial charge in [-0.15, -0.1) is 11.8 Å². The van der Waals surface area contributed by atoms with Gasteiger partial charge in [-0.3, -0.25) is 0 Å². The van der Waals surface area contributed by atoms with Gasteiger partial charge in [0.05, 0.1) is 6.54 Å². The van der Waals surface area contributed by atoms with Crippen molar-refractivity contribution in [3.8, 4) is 0 Å². The minimum absolute atomic E-state index is 0.209. The molecule has 0 amide bonds. The van der Waals surface area contributed by atoms with Gasteiger partial charge in [0.1, 0.15) is 0 Å². The van der Waals surface area contributed by atoms with Crippen LogP contribution in [0.3, 0.4) is 0 Å². The van der Waals surface area contributed by atoms with Crippen LogP contribution in [-0.4, -0.2) is 32.8 Å². The van der Waals surface area contributed by atoms with Crippen molar-refractivity contribution in [1.29, 1.82) is 0 Å². The summed E-state index contributed by atoms with van der Waals surface area (Å²) in [6, 6.07) is 8.26. The van der Waals surface area contributed by atoms with Crippen LogP contribution >= 0.6 is 11.8 Å². The molecule has 0 heterocycles. The SMILES string of the molecule is CCSc1ccccc1NCC(OC)OC. The van der Waals surface area contributed by atoms with Gasteiger partial charge in [-0.05, 0) is 17.9 Å². The molecule has 0 spiro atoms. The van der Waals surface area contributed by atoms with Gasteiger partial charge in [-0.1, -0.05) is 19.1 Å². The van der Waals surface area contributed by atoms with Gasteiger partial charge in [0.25, 0.3) is 0 Å². The summed E-state index contributed by atoms with van der Waals surface area (Å²) >= 11 is 1.82. The van der Waals surface area contributed by atoms with Gasteiger partial charge in [-0.25, -0.2) is 0 Å². The highest BCUT2D eigenvalue weighted by Gasteiger charge is 2.06.